The summed E-state index contributed by atoms with van der Waals surface area (Å²) in [6, 6.07) is 11.6. The highest BCUT2D eigenvalue weighted by atomic mass is 35.5. The van der Waals surface area contributed by atoms with Crippen molar-refractivity contribution in [1.82, 2.24) is 0 Å². The van der Waals surface area contributed by atoms with Gasteiger partial charge in [0, 0.05) is 0 Å². The summed E-state index contributed by atoms with van der Waals surface area (Å²) in [6.45, 7) is 2.53. The summed E-state index contributed by atoms with van der Waals surface area (Å²) in [4.78, 5) is 10.5. The Morgan fingerprint density at radius 2 is 1.76 bits per heavy atom. The first-order valence-corrected chi connectivity index (χ1v) is 6.84. The van der Waals surface area contributed by atoms with Gasteiger partial charge in [-0.25, -0.2) is 0 Å². The molecule has 0 radical (unpaired) electrons. The minimum atomic E-state index is -0.562. The second-order valence-corrected chi connectivity index (χ2v) is 4.65. The lowest BCUT2D eigenvalue weighted by Crippen LogP contribution is -1.99. The summed E-state index contributed by atoms with van der Waals surface area (Å²) < 4.78 is 11.2. The predicted molar refractivity (Wildman–Crippen MR) is 80.4 cm³/mol. The van der Waals surface area contributed by atoms with Gasteiger partial charge in [0.15, 0.2) is 11.5 Å². The van der Waals surface area contributed by atoms with Crippen molar-refractivity contribution < 1.29 is 14.4 Å². The molecular formula is C15H14ClNO4. The first-order chi connectivity index (χ1) is 10.1. The molecule has 21 heavy (non-hydrogen) atoms. The Morgan fingerprint density at radius 3 is 2.43 bits per heavy atom. The maximum atomic E-state index is 11.1. The van der Waals surface area contributed by atoms with Crippen LogP contribution in [0.3, 0.4) is 0 Å². The van der Waals surface area contributed by atoms with Gasteiger partial charge < -0.3 is 9.47 Å². The molecule has 0 saturated carbocycles. The molecule has 0 aromatic heterocycles. The first-order valence-electron chi connectivity index (χ1n) is 6.46. The van der Waals surface area contributed by atoms with E-state index in [4.69, 9.17) is 21.1 Å². The topological polar surface area (TPSA) is 61.6 Å². The van der Waals surface area contributed by atoms with Crippen LogP contribution < -0.4 is 9.47 Å². The number of halogens is 1. The van der Waals surface area contributed by atoms with E-state index in [1.807, 2.05) is 13.0 Å². The normalized spacial score (nSPS) is 10.2. The van der Waals surface area contributed by atoms with Crippen molar-refractivity contribution in [3.8, 4) is 17.2 Å². The molecule has 5 nitrogen and oxygen atoms in total. The highest BCUT2D eigenvalue weighted by molar-refractivity contribution is 6.32. The van der Waals surface area contributed by atoms with Gasteiger partial charge in [0.1, 0.15) is 5.02 Å². The molecule has 0 aliphatic carbocycles. The molecule has 0 heterocycles. The van der Waals surface area contributed by atoms with Gasteiger partial charge in [0.2, 0.25) is 5.75 Å². The zero-order valence-electron chi connectivity index (χ0n) is 11.4. The molecule has 0 aliphatic rings. The number of ether oxygens (including phenoxy) is 2. The van der Waals surface area contributed by atoms with Crippen LogP contribution in [0.2, 0.25) is 5.02 Å². The van der Waals surface area contributed by atoms with Gasteiger partial charge in [0.25, 0.3) is 0 Å². The van der Waals surface area contributed by atoms with Crippen LogP contribution in [-0.2, 0) is 0 Å². The van der Waals surface area contributed by atoms with E-state index in [9.17, 15) is 10.1 Å². The Morgan fingerprint density at radius 1 is 1.10 bits per heavy atom. The van der Waals surface area contributed by atoms with Crippen molar-refractivity contribution in [3.05, 3.63) is 57.6 Å². The van der Waals surface area contributed by atoms with Gasteiger partial charge in [-0.3, -0.25) is 10.1 Å². The van der Waals surface area contributed by atoms with Crippen molar-refractivity contribution >= 4 is 17.3 Å². The number of rotatable bonds is 6. The Kier molecular flexibility index (Phi) is 5.00. The van der Waals surface area contributed by atoms with Crippen molar-refractivity contribution in [2.24, 2.45) is 0 Å². The van der Waals surface area contributed by atoms with Gasteiger partial charge >= 0.3 is 5.69 Å². The standard InChI is InChI=1S/C15H14ClNO4/c1-2-10-20-12-7-3-4-8-13(12)21-14-9-5-6-11(16)15(14)17(18)19/h3-9H,2,10H2,1H3. The molecular weight excluding hydrogens is 294 g/mol. The molecule has 0 saturated heterocycles. The van der Waals surface area contributed by atoms with Crippen LogP contribution in [0.5, 0.6) is 17.2 Å². The van der Waals surface area contributed by atoms with Gasteiger partial charge in [-0.2, -0.15) is 0 Å². The molecule has 0 unspecified atom stereocenters. The minimum Gasteiger partial charge on any atom is -0.490 e. The number of nitro groups is 1. The zero-order chi connectivity index (χ0) is 15.2. The van der Waals surface area contributed by atoms with E-state index in [0.717, 1.165) is 6.42 Å². The van der Waals surface area contributed by atoms with Crippen molar-refractivity contribution in [1.29, 1.82) is 0 Å². The summed E-state index contributed by atoms with van der Waals surface area (Å²) >= 11 is 5.86. The highest BCUT2D eigenvalue weighted by Gasteiger charge is 2.21. The van der Waals surface area contributed by atoms with Crippen LogP contribution >= 0.6 is 11.6 Å². The van der Waals surface area contributed by atoms with Gasteiger partial charge in [-0.05, 0) is 30.7 Å². The van der Waals surface area contributed by atoms with Crippen molar-refractivity contribution in [3.63, 3.8) is 0 Å². The third-order valence-electron chi connectivity index (χ3n) is 2.66. The molecule has 2 aromatic carbocycles. The van der Waals surface area contributed by atoms with E-state index in [2.05, 4.69) is 0 Å². The SMILES string of the molecule is CCCOc1ccccc1Oc1cccc(Cl)c1[N+](=O)[O-]. The highest BCUT2D eigenvalue weighted by Crippen LogP contribution is 2.39. The molecule has 0 aliphatic heterocycles. The fraction of sp³-hybridized carbons (Fsp3) is 0.200. The monoisotopic (exact) mass is 307 g/mol. The molecule has 0 N–H and O–H groups in total. The molecule has 0 fully saturated rings. The smallest absolute Gasteiger partial charge is 0.329 e. The van der Waals surface area contributed by atoms with Crippen LogP contribution in [0, 0.1) is 10.1 Å². The molecule has 0 atom stereocenters. The molecule has 0 spiro atoms. The zero-order valence-corrected chi connectivity index (χ0v) is 12.2. The Balaban J connectivity index is 2.35. The fourth-order valence-corrected chi connectivity index (χ4v) is 1.97. The third kappa shape index (κ3) is 3.64. The molecule has 0 bridgehead atoms. The molecule has 6 heteroatoms. The maximum Gasteiger partial charge on any atom is 0.329 e. The van der Waals surface area contributed by atoms with E-state index in [0.29, 0.717) is 18.1 Å². The van der Waals surface area contributed by atoms with Crippen LogP contribution in [0.4, 0.5) is 5.69 Å². The first kappa shape index (κ1) is 15.1. The van der Waals surface area contributed by atoms with E-state index in [1.165, 1.54) is 12.1 Å². The lowest BCUT2D eigenvalue weighted by molar-refractivity contribution is -0.385. The Hall–Kier alpha value is -2.27. The van der Waals surface area contributed by atoms with Crippen LogP contribution in [0.15, 0.2) is 42.5 Å². The van der Waals surface area contributed by atoms with Crippen molar-refractivity contribution in [2.45, 2.75) is 13.3 Å². The predicted octanol–water partition coefficient (Wildman–Crippen LogP) is 4.83. The van der Waals surface area contributed by atoms with Gasteiger partial charge in [0.05, 0.1) is 11.5 Å². The summed E-state index contributed by atoms with van der Waals surface area (Å²) in [6.07, 6.45) is 0.853. The summed E-state index contributed by atoms with van der Waals surface area (Å²) in [5, 5.41) is 11.1. The number of para-hydroxylation sites is 3. The minimum absolute atomic E-state index is 0.0319. The fourth-order valence-electron chi connectivity index (χ4n) is 1.74. The molecule has 110 valence electrons. The second kappa shape index (κ2) is 6.95. The second-order valence-electron chi connectivity index (χ2n) is 4.24. The lowest BCUT2D eigenvalue weighted by atomic mass is 10.3. The van der Waals surface area contributed by atoms with E-state index in [-0.39, 0.29) is 16.5 Å². The number of nitro benzene ring substituents is 1. The average Bonchev–Trinajstić information content (AvgIpc) is 2.46. The summed E-state index contributed by atoms with van der Waals surface area (Å²) in [5.41, 5.74) is -0.260. The summed E-state index contributed by atoms with van der Waals surface area (Å²) in [5.74, 6) is 1.03. The molecule has 2 aromatic rings. The third-order valence-corrected chi connectivity index (χ3v) is 2.97. The largest absolute Gasteiger partial charge is 0.490 e. The van der Waals surface area contributed by atoms with Crippen LogP contribution in [0.25, 0.3) is 0 Å². The number of hydrogen-bond donors (Lipinski definition) is 0. The number of nitrogens with zero attached hydrogens (tertiary/aromatic N) is 1. The quantitative estimate of drug-likeness (QED) is 0.566. The maximum absolute atomic E-state index is 11.1. The molecule has 0 amide bonds. The Labute approximate surface area is 127 Å². The average molecular weight is 308 g/mol. The van der Waals surface area contributed by atoms with E-state index < -0.39 is 4.92 Å². The van der Waals surface area contributed by atoms with Crippen LogP contribution in [0.1, 0.15) is 13.3 Å². The van der Waals surface area contributed by atoms with E-state index in [1.54, 1.807) is 24.3 Å². The van der Waals surface area contributed by atoms with Crippen molar-refractivity contribution in [2.75, 3.05) is 6.61 Å². The number of benzene rings is 2. The lowest BCUT2D eigenvalue weighted by Gasteiger charge is -2.12. The molecule has 2 rings (SSSR count). The Bertz CT molecular complexity index is 645. The number of hydrogen-bond acceptors (Lipinski definition) is 4. The van der Waals surface area contributed by atoms with Gasteiger partial charge in [-0.1, -0.05) is 36.7 Å². The van der Waals surface area contributed by atoms with Gasteiger partial charge in [-0.15, -0.1) is 0 Å². The van der Waals surface area contributed by atoms with E-state index >= 15 is 0 Å². The summed E-state index contributed by atoms with van der Waals surface area (Å²) in [7, 11) is 0. The van der Waals surface area contributed by atoms with Crippen LogP contribution in [-0.4, -0.2) is 11.5 Å².